The van der Waals surface area contributed by atoms with E-state index in [0.29, 0.717) is 11.7 Å². The highest BCUT2D eigenvalue weighted by atomic mass is 35.5. The normalized spacial score (nSPS) is 15.4. The Morgan fingerprint density at radius 2 is 2.00 bits per heavy atom. The maximum atomic E-state index is 7.61. The lowest BCUT2D eigenvalue weighted by Gasteiger charge is -2.29. The van der Waals surface area contributed by atoms with E-state index in [0.717, 1.165) is 52.7 Å². The Hall–Kier alpha value is -2.35. The second kappa shape index (κ2) is 9.85. The predicted octanol–water partition coefficient (Wildman–Crippen LogP) is 6.09. The zero-order valence-electron chi connectivity index (χ0n) is 17.6. The van der Waals surface area contributed by atoms with Crippen molar-refractivity contribution in [2.24, 2.45) is 0 Å². The van der Waals surface area contributed by atoms with Crippen molar-refractivity contribution in [2.75, 3.05) is 18.4 Å². The monoisotopic (exact) mass is 455 g/mol. The molecule has 1 aromatic heterocycles. The van der Waals surface area contributed by atoms with Gasteiger partial charge < -0.3 is 15.2 Å². The van der Waals surface area contributed by atoms with E-state index in [-0.39, 0.29) is 12.0 Å². The Labute approximate surface area is 192 Å². The summed E-state index contributed by atoms with van der Waals surface area (Å²) in [4.78, 5) is 5.78. The highest BCUT2D eigenvalue weighted by Gasteiger charge is 2.26. The van der Waals surface area contributed by atoms with Crippen molar-refractivity contribution in [2.45, 2.75) is 43.5 Å². The molecule has 2 heterocycles. The van der Waals surface area contributed by atoms with Gasteiger partial charge in [-0.2, -0.15) is 4.98 Å². The van der Waals surface area contributed by atoms with Gasteiger partial charge in [0.25, 0.3) is 0 Å². The van der Waals surface area contributed by atoms with Gasteiger partial charge in [0.1, 0.15) is 0 Å². The Balaban J connectivity index is 1.42. The minimum absolute atomic E-state index is 0.262. The number of piperidine rings is 1. The number of anilines is 1. The molecule has 6 nitrogen and oxygen atoms in total. The second-order valence-corrected chi connectivity index (χ2v) is 9.47. The summed E-state index contributed by atoms with van der Waals surface area (Å²) in [5.41, 5.74) is 2.62. The van der Waals surface area contributed by atoms with Crippen LogP contribution in [-0.4, -0.2) is 39.8 Å². The summed E-state index contributed by atoms with van der Waals surface area (Å²) in [7, 11) is 0. The van der Waals surface area contributed by atoms with Crippen molar-refractivity contribution in [3.8, 4) is 11.4 Å². The molecule has 0 saturated carbocycles. The number of nitrogens with zero attached hydrogens (tertiary/aromatic N) is 3. The average molecular weight is 456 g/mol. The average Bonchev–Trinajstić information content (AvgIpc) is 3.26. The van der Waals surface area contributed by atoms with Gasteiger partial charge in [0.2, 0.25) is 11.7 Å². The third kappa shape index (κ3) is 5.29. The maximum Gasteiger partial charge on any atom is 0.230 e. The summed E-state index contributed by atoms with van der Waals surface area (Å²) in [6, 6.07) is 14.0. The first-order valence-corrected chi connectivity index (χ1v) is 11.6. The van der Waals surface area contributed by atoms with Crippen molar-refractivity contribution in [3.63, 3.8) is 0 Å². The fraction of sp³-hybridized carbons (Fsp3) is 0.348. The van der Waals surface area contributed by atoms with Gasteiger partial charge in [0, 0.05) is 53.0 Å². The van der Waals surface area contributed by atoms with Gasteiger partial charge in [0.05, 0.1) is 5.02 Å². The zero-order valence-corrected chi connectivity index (χ0v) is 19.2. The number of hydrogen-bond acceptors (Lipinski definition) is 7. The van der Waals surface area contributed by atoms with E-state index in [1.807, 2.05) is 36.4 Å². The first-order valence-electron chi connectivity index (χ1n) is 10.5. The zero-order chi connectivity index (χ0) is 21.8. The minimum Gasteiger partial charge on any atom is -0.382 e. The molecule has 3 aromatic rings. The molecule has 31 heavy (non-hydrogen) atoms. The molecule has 0 spiro atoms. The summed E-state index contributed by atoms with van der Waals surface area (Å²) in [5.74, 6) is 1.55. The van der Waals surface area contributed by atoms with Crippen LogP contribution in [0.15, 0.2) is 51.9 Å². The molecule has 0 radical (unpaired) electrons. The van der Waals surface area contributed by atoms with Gasteiger partial charge in [-0.1, -0.05) is 41.0 Å². The first kappa shape index (κ1) is 21.9. The molecular weight excluding hydrogens is 430 g/mol. The largest absolute Gasteiger partial charge is 0.382 e. The first-order chi connectivity index (χ1) is 15.0. The number of nitrogens with one attached hydrogen (secondary N) is 2. The fourth-order valence-corrected chi connectivity index (χ4v) is 4.83. The molecule has 1 aliphatic heterocycles. The molecule has 0 bridgehead atoms. The van der Waals surface area contributed by atoms with Crippen molar-refractivity contribution < 1.29 is 4.52 Å². The lowest BCUT2D eigenvalue weighted by molar-refractivity contribution is 0.282. The molecule has 0 amide bonds. The van der Waals surface area contributed by atoms with Gasteiger partial charge in [-0.25, -0.2) is 4.31 Å². The highest BCUT2D eigenvalue weighted by molar-refractivity contribution is 7.97. The van der Waals surface area contributed by atoms with Gasteiger partial charge in [-0.15, -0.1) is 0 Å². The van der Waals surface area contributed by atoms with Gasteiger partial charge in [0.15, 0.2) is 0 Å². The Kier molecular flexibility index (Phi) is 6.95. The molecule has 1 aliphatic rings. The number of benzene rings is 2. The lowest BCUT2D eigenvalue weighted by atomic mass is 9.98. The summed E-state index contributed by atoms with van der Waals surface area (Å²) >= 11 is 8.00. The molecule has 4 rings (SSSR count). The minimum atomic E-state index is 0.262. The number of halogens is 1. The van der Waals surface area contributed by atoms with Crippen LogP contribution in [0.5, 0.6) is 0 Å². The summed E-state index contributed by atoms with van der Waals surface area (Å²) in [6.07, 6.45) is 3.28. The van der Waals surface area contributed by atoms with E-state index in [9.17, 15) is 0 Å². The molecule has 2 N–H and O–H groups in total. The van der Waals surface area contributed by atoms with Crippen LogP contribution in [0.25, 0.3) is 11.4 Å². The van der Waals surface area contributed by atoms with Crippen molar-refractivity contribution in [1.29, 1.82) is 5.41 Å². The van der Waals surface area contributed by atoms with Crippen molar-refractivity contribution in [1.82, 2.24) is 14.4 Å². The van der Waals surface area contributed by atoms with E-state index >= 15 is 0 Å². The topological polar surface area (TPSA) is 78.0 Å². The van der Waals surface area contributed by atoms with Gasteiger partial charge in [-0.3, -0.25) is 0 Å². The van der Waals surface area contributed by atoms with Crippen molar-refractivity contribution in [3.05, 3.63) is 58.9 Å². The molecule has 2 aromatic carbocycles. The van der Waals surface area contributed by atoms with Crippen LogP contribution in [-0.2, 0) is 0 Å². The van der Waals surface area contributed by atoms with Crippen molar-refractivity contribution >= 4 is 35.5 Å². The maximum absolute atomic E-state index is 7.61. The number of rotatable bonds is 7. The lowest BCUT2D eigenvalue weighted by Crippen LogP contribution is -2.27. The van der Waals surface area contributed by atoms with Crippen LogP contribution in [0.1, 0.15) is 44.1 Å². The molecular formula is C23H26ClN5OS. The van der Waals surface area contributed by atoms with E-state index < -0.39 is 0 Å². The quantitative estimate of drug-likeness (QED) is 0.331. The van der Waals surface area contributed by atoms with E-state index in [2.05, 4.69) is 34.7 Å². The Morgan fingerprint density at radius 1 is 1.23 bits per heavy atom. The van der Waals surface area contributed by atoms with Crippen LogP contribution in [0.2, 0.25) is 5.02 Å². The number of hydrogen-bond donors (Lipinski definition) is 2. The molecule has 0 atom stereocenters. The third-order valence-electron chi connectivity index (χ3n) is 5.22. The van der Waals surface area contributed by atoms with Crippen LogP contribution >= 0.6 is 23.5 Å². The Bertz CT molecular complexity index is 1050. The molecule has 162 valence electrons. The van der Waals surface area contributed by atoms with E-state index in [1.54, 1.807) is 11.9 Å². The summed E-state index contributed by atoms with van der Waals surface area (Å²) < 4.78 is 7.98. The van der Waals surface area contributed by atoms with Gasteiger partial charge >= 0.3 is 0 Å². The predicted molar refractivity (Wildman–Crippen MR) is 127 cm³/mol. The molecule has 0 aliphatic carbocycles. The smallest absolute Gasteiger partial charge is 0.230 e. The third-order valence-corrected chi connectivity index (χ3v) is 6.84. The Morgan fingerprint density at radius 3 is 2.71 bits per heavy atom. The highest BCUT2D eigenvalue weighted by Crippen LogP contribution is 2.35. The van der Waals surface area contributed by atoms with Crippen LogP contribution in [0.3, 0.4) is 0 Å². The molecule has 8 heteroatoms. The van der Waals surface area contributed by atoms with E-state index in [4.69, 9.17) is 26.5 Å². The van der Waals surface area contributed by atoms with Crippen LogP contribution in [0, 0.1) is 5.41 Å². The second-order valence-electron chi connectivity index (χ2n) is 7.93. The molecule has 1 fully saturated rings. The summed E-state index contributed by atoms with van der Waals surface area (Å²) in [5, 5.41) is 16.0. The van der Waals surface area contributed by atoms with Crippen LogP contribution < -0.4 is 5.32 Å². The molecule has 0 unspecified atom stereocenters. The fourth-order valence-electron chi connectivity index (χ4n) is 3.63. The van der Waals surface area contributed by atoms with E-state index in [1.165, 1.54) is 6.21 Å². The number of aromatic nitrogens is 2. The van der Waals surface area contributed by atoms with Gasteiger partial charge in [-0.05, 0) is 56.8 Å². The SMILES string of the molecule is CC(C)Nc1cc(-c2noc(C3CCN(Sc4ccccc4Cl)CC3)n2)ccc1C=N. The summed E-state index contributed by atoms with van der Waals surface area (Å²) in [6.45, 7) is 6.02. The molecule has 1 saturated heterocycles. The standard InChI is InChI=1S/C23H26ClN5OS/c1-15(2)26-20-13-17(7-8-18(20)14-25)22-27-23(30-28-22)16-9-11-29(12-10-16)31-21-6-4-3-5-19(21)24/h3-8,13-16,25-26H,9-12H2,1-2H3. The van der Waals surface area contributed by atoms with Crippen LogP contribution in [0.4, 0.5) is 5.69 Å².